The van der Waals surface area contributed by atoms with Gasteiger partial charge in [-0.2, -0.15) is 4.98 Å². The lowest BCUT2D eigenvalue weighted by Gasteiger charge is -2.07. The first-order valence-electron chi connectivity index (χ1n) is 5.59. The Kier molecular flexibility index (Phi) is 2.92. The van der Waals surface area contributed by atoms with Gasteiger partial charge in [-0.3, -0.25) is 0 Å². The highest BCUT2D eigenvalue weighted by molar-refractivity contribution is 7.16. The van der Waals surface area contributed by atoms with Gasteiger partial charge in [0.15, 0.2) is 0 Å². The summed E-state index contributed by atoms with van der Waals surface area (Å²) in [5.74, 6) is 2.02. The zero-order valence-corrected chi connectivity index (χ0v) is 11.0. The van der Waals surface area contributed by atoms with Crippen LogP contribution in [0.3, 0.4) is 0 Å². The minimum atomic E-state index is 0.202. The topological polar surface area (TPSA) is 70.3 Å². The first kappa shape index (κ1) is 11.7. The molecule has 0 saturated heterocycles. The van der Waals surface area contributed by atoms with Crippen molar-refractivity contribution in [2.24, 2.45) is 0 Å². The van der Waals surface area contributed by atoms with Crippen LogP contribution in [-0.2, 0) is 0 Å². The third-order valence-electron chi connectivity index (χ3n) is 2.56. The molecule has 0 aliphatic rings. The number of anilines is 1. The number of hydrogen-bond acceptors (Lipinski definition) is 6. The number of benzene rings is 1. The number of hydrogen-bond donors (Lipinski definition) is 1. The number of thiophene rings is 1. The van der Waals surface area contributed by atoms with Gasteiger partial charge in [0.25, 0.3) is 0 Å². The maximum absolute atomic E-state index is 5.77. The maximum atomic E-state index is 5.77. The third kappa shape index (κ3) is 2.30. The zero-order valence-electron chi connectivity index (χ0n) is 10.2. The van der Waals surface area contributed by atoms with Gasteiger partial charge in [0, 0.05) is 6.07 Å². The van der Waals surface area contributed by atoms with Gasteiger partial charge < -0.3 is 15.2 Å². The molecule has 0 fully saturated rings. The van der Waals surface area contributed by atoms with Gasteiger partial charge in [0.2, 0.25) is 11.8 Å². The quantitative estimate of drug-likeness (QED) is 0.794. The van der Waals surface area contributed by atoms with Crippen LogP contribution in [0.5, 0.6) is 17.4 Å². The summed E-state index contributed by atoms with van der Waals surface area (Å²) in [6.07, 6.45) is 0. The van der Waals surface area contributed by atoms with Crippen molar-refractivity contribution < 1.29 is 9.47 Å². The van der Waals surface area contributed by atoms with Crippen LogP contribution in [0.15, 0.2) is 35.7 Å². The zero-order chi connectivity index (χ0) is 13.2. The fourth-order valence-electron chi connectivity index (χ4n) is 1.70. The molecule has 0 bridgehead atoms. The van der Waals surface area contributed by atoms with E-state index in [-0.39, 0.29) is 5.95 Å². The Morgan fingerprint density at radius 3 is 2.84 bits per heavy atom. The Hall–Kier alpha value is -2.34. The molecule has 2 heterocycles. The van der Waals surface area contributed by atoms with Crippen molar-refractivity contribution in [3.05, 3.63) is 35.7 Å². The molecule has 2 aromatic heterocycles. The molecule has 0 spiro atoms. The molecule has 3 rings (SSSR count). The van der Waals surface area contributed by atoms with Crippen LogP contribution in [0, 0.1) is 0 Å². The van der Waals surface area contributed by atoms with Gasteiger partial charge in [-0.1, -0.05) is 6.07 Å². The third-order valence-corrected chi connectivity index (χ3v) is 3.37. The molecule has 6 heteroatoms. The second-order valence-corrected chi connectivity index (χ2v) is 4.70. The fraction of sp³-hybridized carbons (Fsp3) is 0.0769. The lowest BCUT2D eigenvalue weighted by molar-refractivity contribution is 0.408. The Bertz CT molecular complexity index is 727. The van der Waals surface area contributed by atoms with E-state index in [2.05, 4.69) is 9.97 Å². The molecular weight excluding hydrogens is 262 g/mol. The summed E-state index contributed by atoms with van der Waals surface area (Å²) in [5.41, 5.74) is 5.67. The van der Waals surface area contributed by atoms with Crippen molar-refractivity contribution in [2.75, 3.05) is 12.8 Å². The van der Waals surface area contributed by atoms with E-state index in [0.29, 0.717) is 11.6 Å². The Balaban J connectivity index is 2.02. The molecule has 0 unspecified atom stereocenters. The molecule has 0 aliphatic carbocycles. The average molecular weight is 273 g/mol. The smallest absolute Gasteiger partial charge is 0.232 e. The Morgan fingerprint density at radius 1 is 1.16 bits per heavy atom. The summed E-state index contributed by atoms with van der Waals surface area (Å²) in [5, 5.41) is 2.78. The van der Waals surface area contributed by atoms with Crippen LogP contribution in [0.25, 0.3) is 10.2 Å². The van der Waals surface area contributed by atoms with Crippen molar-refractivity contribution in [3.63, 3.8) is 0 Å². The molecule has 96 valence electrons. The summed E-state index contributed by atoms with van der Waals surface area (Å²) in [6, 6.07) is 9.23. The van der Waals surface area contributed by atoms with Crippen LogP contribution >= 0.6 is 11.3 Å². The van der Waals surface area contributed by atoms with Crippen molar-refractivity contribution >= 4 is 27.5 Å². The van der Waals surface area contributed by atoms with Crippen molar-refractivity contribution in [2.45, 2.75) is 0 Å². The molecule has 0 radical (unpaired) electrons. The normalized spacial score (nSPS) is 10.6. The van der Waals surface area contributed by atoms with Gasteiger partial charge in [-0.05, 0) is 23.6 Å². The monoisotopic (exact) mass is 273 g/mol. The van der Waals surface area contributed by atoms with Crippen LogP contribution < -0.4 is 15.2 Å². The summed E-state index contributed by atoms with van der Waals surface area (Å²) in [6.45, 7) is 0. The van der Waals surface area contributed by atoms with Crippen LogP contribution in [0.1, 0.15) is 0 Å². The molecule has 2 N–H and O–H groups in total. The van der Waals surface area contributed by atoms with Gasteiger partial charge in [-0.15, -0.1) is 11.3 Å². The number of ether oxygens (including phenoxy) is 2. The van der Waals surface area contributed by atoms with E-state index in [0.717, 1.165) is 16.0 Å². The maximum Gasteiger partial charge on any atom is 0.232 e. The highest BCUT2D eigenvalue weighted by Gasteiger charge is 2.09. The second kappa shape index (κ2) is 4.74. The average Bonchev–Trinajstić information content (AvgIpc) is 2.87. The molecule has 1 aromatic carbocycles. The predicted octanol–water partition coefficient (Wildman–Crippen LogP) is 3.07. The number of rotatable bonds is 3. The predicted molar refractivity (Wildman–Crippen MR) is 74.9 cm³/mol. The SMILES string of the molecule is COc1cccc(Oc2nc(N)nc3sccc23)c1. The minimum absolute atomic E-state index is 0.202. The minimum Gasteiger partial charge on any atom is -0.497 e. The number of nitrogens with zero attached hydrogens (tertiary/aromatic N) is 2. The lowest BCUT2D eigenvalue weighted by atomic mass is 10.3. The molecule has 0 saturated carbocycles. The number of nitrogens with two attached hydrogens (primary N) is 1. The van der Waals surface area contributed by atoms with Gasteiger partial charge in [-0.25, -0.2) is 4.98 Å². The highest BCUT2D eigenvalue weighted by Crippen LogP contribution is 2.31. The molecule has 19 heavy (non-hydrogen) atoms. The molecule has 3 aromatic rings. The Morgan fingerprint density at radius 2 is 2.00 bits per heavy atom. The number of fused-ring (bicyclic) bond motifs is 1. The molecular formula is C13H11N3O2S. The first-order valence-corrected chi connectivity index (χ1v) is 6.47. The van der Waals surface area contributed by atoms with E-state index in [1.165, 1.54) is 11.3 Å². The van der Waals surface area contributed by atoms with Crippen LogP contribution in [-0.4, -0.2) is 17.1 Å². The van der Waals surface area contributed by atoms with Crippen LogP contribution in [0.2, 0.25) is 0 Å². The number of methoxy groups -OCH3 is 1. The fourth-order valence-corrected chi connectivity index (χ4v) is 2.46. The summed E-state index contributed by atoms with van der Waals surface area (Å²) < 4.78 is 10.9. The standard InChI is InChI=1S/C13H11N3O2S/c1-17-8-3-2-4-9(7-8)18-11-10-5-6-19-12(10)16-13(14)15-11/h2-7H,1H3,(H2,14,15,16). The van der Waals surface area contributed by atoms with Crippen LogP contribution in [0.4, 0.5) is 5.95 Å². The van der Waals surface area contributed by atoms with E-state index in [1.807, 2.05) is 29.6 Å². The lowest BCUT2D eigenvalue weighted by Crippen LogP contribution is -1.97. The summed E-state index contributed by atoms with van der Waals surface area (Å²) >= 11 is 1.50. The van der Waals surface area contributed by atoms with Crippen molar-refractivity contribution in [1.82, 2.24) is 9.97 Å². The highest BCUT2D eigenvalue weighted by atomic mass is 32.1. The van der Waals surface area contributed by atoms with E-state index in [9.17, 15) is 0 Å². The molecule has 0 aliphatic heterocycles. The van der Waals surface area contributed by atoms with E-state index in [4.69, 9.17) is 15.2 Å². The summed E-state index contributed by atoms with van der Waals surface area (Å²) in [7, 11) is 1.61. The van der Waals surface area contributed by atoms with E-state index in [1.54, 1.807) is 13.2 Å². The largest absolute Gasteiger partial charge is 0.497 e. The first-order chi connectivity index (χ1) is 9.26. The summed E-state index contributed by atoms with van der Waals surface area (Å²) in [4.78, 5) is 9.10. The van der Waals surface area contributed by atoms with Gasteiger partial charge in [0.1, 0.15) is 16.3 Å². The van der Waals surface area contributed by atoms with Gasteiger partial charge >= 0.3 is 0 Å². The van der Waals surface area contributed by atoms with E-state index < -0.39 is 0 Å². The second-order valence-electron chi connectivity index (χ2n) is 3.81. The number of aromatic nitrogens is 2. The van der Waals surface area contributed by atoms with Crippen molar-refractivity contribution in [1.29, 1.82) is 0 Å². The molecule has 0 amide bonds. The molecule has 0 atom stereocenters. The molecule has 5 nitrogen and oxygen atoms in total. The van der Waals surface area contributed by atoms with Crippen molar-refractivity contribution in [3.8, 4) is 17.4 Å². The number of nitrogen functional groups attached to an aromatic ring is 1. The van der Waals surface area contributed by atoms with Gasteiger partial charge in [0.05, 0.1) is 12.5 Å². The van der Waals surface area contributed by atoms with E-state index >= 15 is 0 Å². The Labute approximate surface area is 113 Å².